The van der Waals surface area contributed by atoms with Crippen LogP contribution in [0.5, 0.6) is 5.75 Å². The molecule has 0 radical (unpaired) electrons. The molecule has 5 heteroatoms. The fraction of sp³-hybridized carbons (Fsp3) is 0.417. The molecule has 17 heavy (non-hydrogen) atoms. The number of hydrogen-bond donors (Lipinski definition) is 2. The van der Waals surface area contributed by atoms with E-state index in [1.54, 1.807) is 0 Å². The first-order valence-electron chi connectivity index (χ1n) is 5.72. The van der Waals surface area contributed by atoms with Gasteiger partial charge >= 0.3 is 0 Å². The summed E-state index contributed by atoms with van der Waals surface area (Å²) in [7, 11) is 0. The Hall–Kier alpha value is -1.75. The third-order valence-electron chi connectivity index (χ3n) is 2.88. The summed E-state index contributed by atoms with van der Waals surface area (Å²) >= 11 is 0. The Morgan fingerprint density at radius 2 is 2.24 bits per heavy atom. The normalized spacial score (nSPS) is 19.4. The highest BCUT2D eigenvalue weighted by Gasteiger charge is 2.20. The van der Waals surface area contributed by atoms with Crippen LogP contribution in [0.25, 0.3) is 0 Å². The van der Waals surface area contributed by atoms with Crippen molar-refractivity contribution in [2.24, 2.45) is 0 Å². The van der Waals surface area contributed by atoms with Crippen molar-refractivity contribution in [2.45, 2.75) is 6.04 Å². The summed E-state index contributed by atoms with van der Waals surface area (Å²) in [6.45, 7) is 2.51. The van der Waals surface area contributed by atoms with Crippen LogP contribution in [0.15, 0.2) is 18.2 Å². The van der Waals surface area contributed by atoms with Gasteiger partial charge < -0.3 is 20.1 Å². The Bertz CT molecular complexity index is 443. The Labute approximate surface area is 99.1 Å². The van der Waals surface area contributed by atoms with Crippen LogP contribution in [-0.4, -0.2) is 38.3 Å². The van der Waals surface area contributed by atoms with Crippen LogP contribution in [0, 0.1) is 0 Å². The smallest absolute Gasteiger partial charge is 0.255 e. The monoisotopic (exact) mass is 234 g/mol. The van der Waals surface area contributed by atoms with E-state index in [9.17, 15) is 4.79 Å². The van der Waals surface area contributed by atoms with E-state index >= 15 is 0 Å². The van der Waals surface area contributed by atoms with Gasteiger partial charge in [0.15, 0.2) is 0 Å². The Morgan fingerprint density at radius 1 is 1.35 bits per heavy atom. The third-order valence-corrected chi connectivity index (χ3v) is 2.88. The molecule has 0 atom stereocenters. The molecule has 0 bridgehead atoms. The summed E-state index contributed by atoms with van der Waals surface area (Å²) < 4.78 is 10.6. The zero-order valence-electron chi connectivity index (χ0n) is 9.36. The van der Waals surface area contributed by atoms with E-state index in [4.69, 9.17) is 9.47 Å². The molecule has 2 aliphatic rings. The second kappa shape index (κ2) is 4.25. The predicted molar refractivity (Wildman–Crippen MR) is 62.5 cm³/mol. The summed E-state index contributed by atoms with van der Waals surface area (Å²) in [5.41, 5.74) is 1.52. The second-order valence-corrected chi connectivity index (χ2v) is 4.19. The van der Waals surface area contributed by atoms with Crippen molar-refractivity contribution in [3.05, 3.63) is 23.8 Å². The van der Waals surface area contributed by atoms with Gasteiger partial charge in [0.2, 0.25) is 0 Å². The van der Waals surface area contributed by atoms with Crippen LogP contribution >= 0.6 is 0 Å². The molecule has 0 saturated carbocycles. The number of rotatable bonds is 2. The lowest BCUT2D eigenvalue weighted by atomic mass is 10.1. The fourth-order valence-electron chi connectivity index (χ4n) is 1.90. The fourth-order valence-corrected chi connectivity index (χ4v) is 1.90. The number of nitrogens with one attached hydrogen (secondary N) is 2. The molecule has 1 amide bonds. The van der Waals surface area contributed by atoms with Crippen molar-refractivity contribution in [1.82, 2.24) is 5.32 Å². The van der Waals surface area contributed by atoms with Gasteiger partial charge in [-0.3, -0.25) is 4.79 Å². The van der Waals surface area contributed by atoms with Crippen LogP contribution in [0.4, 0.5) is 5.69 Å². The average Bonchev–Trinajstić information content (AvgIpc) is 2.47. The maximum atomic E-state index is 11.8. The van der Waals surface area contributed by atoms with Gasteiger partial charge in [0, 0.05) is 5.69 Å². The van der Waals surface area contributed by atoms with E-state index in [-0.39, 0.29) is 5.91 Å². The molecule has 1 fully saturated rings. The summed E-state index contributed by atoms with van der Waals surface area (Å²) in [5.74, 6) is 0.571. The van der Waals surface area contributed by atoms with Crippen molar-refractivity contribution < 1.29 is 14.3 Å². The van der Waals surface area contributed by atoms with Crippen LogP contribution < -0.4 is 15.4 Å². The van der Waals surface area contributed by atoms with Gasteiger partial charge in [-0.2, -0.15) is 0 Å². The predicted octanol–water partition coefficient (Wildman–Crippen LogP) is 0.619. The lowest BCUT2D eigenvalue weighted by Gasteiger charge is -2.28. The topological polar surface area (TPSA) is 59.6 Å². The number of carbonyl (C=O) groups is 1. The average molecular weight is 234 g/mol. The number of ether oxygens (including phenoxy) is 2. The lowest BCUT2D eigenvalue weighted by Crippen LogP contribution is -2.40. The third kappa shape index (κ3) is 2.06. The zero-order valence-corrected chi connectivity index (χ0v) is 9.36. The number of hydrogen-bond acceptors (Lipinski definition) is 4. The second-order valence-electron chi connectivity index (χ2n) is 4.19. The maximum absolute atomic E-state index is 11.8. The van der Waals surface area contributed by atoms with Crippen molar-refractivity contribution in [2.75, 3.05) is 31.7 Å². The van der Waals surface area contributed by atoms with E-state index in [0.717, 1.165) is 18.9 Å². The highest BCUT2D eigenvalue weighted by Crippen LogP contribution is 2.25. The molecule has 90 valence electrons. The van der Waals surface area contributed by atoms with E-state index < -0.39 is 0 Å². The summed E-state index contributed by atoms with van der Waals surface area (Å²) in [4.78, 5) is 11.8. The molecular formula is C12H14N2O3. The first-order chi connectivity index (χ1) is 8.33. The van der Waals surface area contributed by atoms with Gasteiger partial charge in [-0.25, -0.2) is 0 Å². The molecule has 0 spiro atoms. The van der Waals surface area contributed by atoms with Crippen molar-refractivity contribution in [3.63, 3.8) is 0 Å². The number of fused-ring (bicyclic) bond motifs is 1. The molecule has 2 heterocycles. The molecular weight excluding hydrogens is 220 g/mol. The number of amides is 1. The van der Waals surface area contributed by atoms with Crippen LogP contribution in [0.3, 0.4) is 0 Å². The van der Waals surface area contributed by atoms with E-state index in [2.05, 4.69) is 10.6 Å². The Kier molecular flexibility index (Phi) is 2.60. The molecule has 1 aromatic carbocycles. The minimum atomic E-state index is -0.0778. The van der Waals surface area contributed by atoms with E-state index in [0.29, 0.717) is 30.5 Å². The molecule has 5 nitrogen and oxygen atoms in total. The largest absolute Gasteiger partial charge is 0.491 e. The summed E-state index contributed by atoms with van der Waals surface area (Å²) in [6, 6.07) is 5.94. The van der Waals surface area contributed by atoms with E-state index in [1.807, 2.05) is 18.2 Å². The quantitative estimate of drug-likeness (QED) is 0.787. The first-order valence-corrected chi connectivity index (χ1v) is 5.72. The SMILES string of the molecule is O=C1NCCOc2ccc(NC3COC3)cc21. The van der Waals surface area contributed by atoms with Gasteiger partial charge in [0.1, 0.15) is 12.4 Å². The summed E-state index contributed by atoms with van der Waals surface area (Å²) in [6.07, 6.45) is 0. The molecule has 0 aliphatic carbocycles. The Balaban J connectivity index is 1.85. The molecule has 1 aromatic rings. The van der Waals surface area contributed by atoms with Gasteiger partial charge in [-0.05, 0) is 18.2 Å². The molecule has 1 saturated heterocycles. The standard InChI is InChI=1S/C12H14N2O3/c15-12-10-5-8(14-9-6-16-7-9)1-2-11(10)17-4-3-13-12/h1-2,5,9,14H,3-4,6-7H2,(H,13,15). The molecule has 2 aliphatic heterocycles. The minimum Gasteiger partial charge on any atom is -0.491 e. The Morgan fingerprint density at radius 3 is 3.00 bits per heavy atom. The lowest BCUT2D eigenvalue weighted by molar-refractivity contribution is 0.0211. The molecule has 0 unspecified atom stereocenters. The van der Waals surface area contributed by atoms with Gasteiger partial charge in [-0.1, -0.05) is 0 Å². The van der Waals surface area contributed by atoms with Crippen LogP contribution in [0.1, 0.15) is 10.4 Å². The highest BCUT2D eigenvalue weighted by molar-refractivity contribution is 5.98. The minimum absolute atomic E-state index is 0.0778. The van der Waals surface area contributed by atoms with Crippen LogP contribution in [0.2, 0.25) is 0 Å². The number of benzene rings is 1. The van der Waals surface area contributed by atoms with Crippen molar-refractivity contribution in [1.29, 1.82) is 0 Å². The van der Waals surface area contributed by atoms with Gasteiger partial charge in [0.05, 0.1) is 31.4 Å². The maximum Gasteiger partial charge on any atom is 0.255 e. The van der Waals surface area contributed by atoms with E-state index in [1.165, 1.54) is 0 Å². The van der Waals surface area contributed by atoms with Crippen molar-refractivity contribution >= 4 is 11.6 Å². The van der Waals surface area contributed by atoms with Crippen LogP contribution in [-0.2, 0) is 4.74 Å². The summed E-state index contributed by atoms with van der Waals surface area (Å²) in [5, 5.41) is 6.10. The van der Waals surface area contributed by atoms with Gasteiger partial charge in [-0.15, -0.1) is 0 Å². The van der Waals surface area contributed by atoms with Crippen molar-refractivity contribution in [3.8, 4) is 5.75 Å². The number of anilines is 1. The first kappa shape index (κ1) is 10.4. The molecule has 3 rings (SSSR count). The highest BCUT2D eigenvalue weighted by atomic mass is 16.5. The number of carbonyl (C=O) groups excluding carboxylic acids is 1. The zero-order chi connectivity index (χ0) is 11.7. The van der Waals surface area contributed by atoms with Gasteiger partial charge in [0.25, 0.3) is 5.91 Å². The molecule has 2 N–H and O–H groups in total. The molecule has 0 aromatic heterocycles.